The van der Waals surface area contributed by atoms with Gasteiger partial charge in [0.2, 0.25) is 11.8 Å². The molecule has 20 heavy (non-hydrogen) atoms. The maximum Gasteiger partial charge on any atom is 0.242 e. The Hall–Kier alpha value is -1.85. The molecule has 0 aromatic carbocycles. The molecule has 3 N–H and O–H groups in total. The predicted octanol–water partition coefficient (Wildman–Crippen LogP) is -1.61. The van der Waals surface area contributed by atoms with Crippen LogP contribution in [0.5, 0.6) is 0 Å². The Morgan fingerprint density at radius 1 is 1.10 bits per heavy atom. The lowest BCUT2D eigenvalue weighted by Crippen LogP contribution is -2.52. The fraction of sp³-hybridized carbons (Fsp3) is 0.692. The third-order valence-electron chi connectivity index (χ3n) is 3.61. The molecule has 7 heteroatoms. The minimum atomic E-state index is -0.337. The highest BCUT2D eigenvalue weighted by molar-refractivity contribution is 5.83. The standard InChI is InChI=1S/C13H20N4O3/c18-9-10-7-16-12(19)8-14-4-5-15-13(20)11-3-1-2-6-17(10)11/h11,14H,1-8H2,(H,15,20)(H,16,19). The van der Waals surface area contributed by atoms with Crippen molar-refractivity contribution in [2.24, 2.45) is 0 Å². The minimum absolute atomic E-state index is 0.0637. The quantitative estimate of drug-likeness (QED) is 0.465. The van der Waals surface area contributed by atoms with E-state index in [2.05, 4.69) is 16.0 Å². The highest BCUT2D eigenvalue weighted by Crippen LogP contribution is 2.20. The second-order valence-corrected chi connectivity index (χ2v) is 5.00. The molecule has 0 aliphatic carbocycles. The molecule has 2 saturated heterocycles. The number of fused-ring (bicyclic) bond motifs is 1. The van der Waals surface area contributed by atoms with Gasteiger partial charge in [-0.1, -0.05) is 0 Å². The Kier molecular flexibility index (Phi) is 5.15. The van der Waals surface area contributed by atoms with E-state index in [9.17, 15) is 14.4 Å². The molecule has 2 heterocycles. The molecule has 2 aliphatic heterocycles. The number of hydrogen-bond donors (Lipinski definition) is 3. The number of hydrogen-bond acceptors (Lipinski definition) is 5. The molecule has 110 valence electrons. The van der Waals surface area contributed by atoms with Gasteiger partial charge < -0.3 is 20.9 Å². The van der Waals surface area contributed by atoms with Crippen LogP contribution in [0.2, 0.25) is 0 Å². The van der Waals surface area contributed by atoms with E-state index in [4.69, 9.17) is 0 Å². The second-order valence-electron chi connectivity index (χ2n) is 5.00. The van der Waals surface area contributed by atoms with Gasteiger partial charge in [0.1, 0.15) is 17.7 Å². The molecule has 0 aromatic rings. The smallest absolute Gasteiger partial charge is 0.242 e. The fourth-order valence-corrected chi connectivity index (χ4v) is 2.56. The first kappa shape index (κ1) is 14.6. The maximum absolute atomic E-state index is 12.2. The number of piperidine rings is 1. The lowest BCUT2D eigenvalue weighted by molar-refractivity contribution is -0.126. The van der Waals surface area contributed by atoms with E-state index in [1.807, 2.05) is 5.94 Å². The zero-order valence-electron chi connectivity index (χ0n) is 11.4. The Balaban J connectivity index is 2.15. The van der Waals surface area contributed by atoms with Gasteiger partial charge in [-0.05, 0) is 19.3 Å². The van der Waals surface area contributed by atoms with Gasteiger partial charge in [-0.3, -0.25) is 9.59 Å². The molecule has 2 fully saturated rings. The van der Waals surface area contributed by atoms with Crippen LogP contribution >= 0.6 is 0 Å². The second kappa shape index (κ2) is 7.07. The van der Waals surface area contributed by atoms with Crippen LogP contribution in [-0.2, 0) is 14.4 Å². The Labute approximate surface area is 117 Å². The van der Waals surface area contributed by atoms with Crippen molar-refractivity contribution in [3.63, 3.8) is 0 Å². The topological polar surface area (TPSA) is 90.5 Å². The van der Waals surface area contributed by atoms with E-state index >= 15 is 0 Å². The molecule has 0 bridgehead atoms. The zero-order chi connectivity index (χ0) is 14.4. The minimum Gasteiger partial charge on any atom is -0.353 e. The molecule has 2 rings (SSSR count). The third-order valence-corrected chi connectivity index (χ3v) is 3.61. The van der Waals surface area contributed by atoms with Crippen molar-refractivity contribution in [3.05, 3.63) is 5.70 Å². The van der Waals surface area contributed by atoms with Crippen molar-refractivity contribution in [1.82, 2.24) is 20.9 Å². The largest absolute Gasteiger partial charge is 0.353 e. The molecule has 0 spiro atoms. The van der Waals surface area contributed by atoms with Crippen LogP contribution in [0.4, 0.5) is 0 Å². The number of nitrogens with zero attached hydrogens (tertiary/aromatic N) is 1. The monoisotopic (exact) mass is 280 g/mol. The summed E-state index contributed by atoms with van der Waals surface area (Å²) in [6, 6.07) is -0.337. The first-order valence-corrected chi connectivity index (χ1v) is 6.98. The molecule has 2 aliphatic rings. The normalized spacial score (nSPS) is 25.5. The van der Waals surface area contributed by atoms with Crippen molar-refractivity contribution in [2.75, 3.05) is 32.7 Å². The summed E-state index contributed by atoms with van der Waals surface area (Å²) in [5, 5.41) is 8.45. The van der Waals surface area contributed by atoms with Crippen molar-refractivity contribution in [1.29, 1.82) is 0 Å². The van der Waals surface area contributed by atoms with E-state index in [1.165, 1.54) is 0 Å². The van der Waals surface area contributed by atoms with Crippen molar-refractivity contribution in [2.45, 2.75) is 25.3 Å². The molecule has 0 aromatic heterocycles. The average Bonchev–Trinajstić information content (AvgIpc) is 2.46. The lowest BCUT2D eigenvalue weighted by Gasteiger charge is -2.36. The van der Waals surface area contributed by atoms with Gasteiger partial charge >= 0.3 is 0 Å². The van der Waals surface area contributed by atoms with E-state index < -0.39 is 0 Å². The van der Waals surface area contributed by atoms with Crippen molar-refractivity contribution < 1.29 is 14.4 Å². The van der Waals surface area contributed by atoms with Gasteiger partial charge in [0.15, 0.2) is 0 Å². The van der Waals surface area contributed by atoms with Gasteiger partial charge in [-0.2, -0.15) is 0 Å². The average molecular weight is 280 g/mol. The number of amides is 2. The first-order chi connectivity index (χ1) is 9.72. The summed E-state index contributed by atoms with van der Waals surface area (Å²) >= 11 is 0. The number of carbonyl (C=O) groups excluding carboxylic acids is 3. The van der Waals surface area contributed by atoms with Gasteiger partial charge in [-0.15, -0.1) is 0 Å². The lowest BCUT2D eigenvalue weighted by atomic mass is 10.0. The summed E-state index contributed by atoms with van der Waals surface area (Å²) in [5.74, 6) is 1.64. The SMILES string of the molecule is O=C=C1CNC(=O)CNCCNC(=O)C2CCCCN12. The summed E-state index contributed by atoms with van der Waals surface area (Å²) in [5.41, 5.74) is 0.346. The third kappa shape index (κ3) is 3.59. The van der Waals surface area contributed by atoms with Crippen LogP contribution in [0.15, 0.2) is 5.70 Å². The van der Waals surface area contributed by atoms with Gasteiger partial charge in [0.25, 0.3) is 0 Å². The van der Waals surface area contributed by atoms with Crippen molar-refractivity contribution in [3.8, 4) is 0 Å². The van der Waals surface area contributed by atoms with E-state index in [0.29, 0.717) is 25.3 Å². The van der Waals surface area contributed by atoms with Crippen LogP contribution in [0.25, 0.3) is 0 Å². The van der Waals surface area contributed by atoms with Crippen LogP contribution < -0.4 is 16.0 Å². The Morgan fingerprint density at radius 3 is 2.75 bits per heavy atom. The van der Waals surface area contributed by atoms with Gasteiger partial charge in [-0.25, -0.2) is 4.79 Å². The van der Waals surface area contributed by atoms with Crippen LogP contribution in [-0.4, -0.2) is 61.4 Å². The predicted molar refractivity (Wildman–Crippen MR) is 72.4 cm³/mol. The van der Waals surface area contributed by atoms with E-state index in [0.717, 1.165) is 19.3 Å². The van der Waals surface area contributed by atoms with Gasteiger partial charge in [0, 0.05) is 19.6 Å². The van der Waals surface area contributed by atoms with Crippen LogP contribution in [0, 0.1) is 0 Å². The summed E-state index contributed by atoms with van der Waals surface area (Å²) in [6.07, 6.45) is 2.62. The molecule has 0 radical (unpaired) electrons. The molecular formula is C13H20N4O3. The van der Waals surface area contributed by atoms with E-state index in [1.54, 1.807) is 4.90 Å². The molecule has 1 unspecified atom stereocenters. The highest BCUT2D eigenvalue weighted by Gasteiger charge is 2.30. The highest BCUT2D eigenvalue weighted by atomic mass is 16.2. The molecule has 2 amide bonds. The summed E-state index contributed by atoms with van der Waals surface area (Å²) in [7, 11) is 0. The maximum atomic E-state index is 12.2. The summed E-state index contributed by atoms with van der Waals surface area (Å²) in [6.45, 7) is 1.95. The van der Waals surface area contributed by atoms with Crippen LogP contribution in [0.1, 0.15) is 19.3 Å². The molecule has 1 atom stereocenters. The molecule has 0 saturated carbocycles. The van der Waals surface area contributed by atoms with Crippen molar-refractivity contribution >= 4 is 17.8 Å². The van der Waals surface area contributed by atoms with Crippen LogP contribution in [0.3, 0.4) is 0 Å². The van der Waals surface area contributed by atoms with E-state index in [-0.39, 0.29) is 30.9 Å². The van der Waals surface area contributed by atoms with Gasteiger partial charge in [0.05, 0.1) is 13.1 Å². The first-order valence-electron chi connectivity index (χ1n) is 6.98. The summed E-state index contributed by atoms with van der Waals surface area (Å²) < 4.78 is 0. The molecule has 7 nitrogen and oxygen atoms in total. The number of nitrogens with one attached hydrogen (secondary N) is 3. The zero-order valence-corrected chi connectivity index (χ0v) is 11.4. The Morgan fingerprint density at radius 2 is 1.95 bits per heavy atom. The summed E-state index contributed by atoms with van der Waals surface area (Å²) in [4.78, 5) is 36.7. The number of rotatable bonds is 0. The number of carbonyl (C=O) groups is 2. The molecular weight excluding hydrogens is 260 g/mol. The Bertz CT molecular complexity index is 431. The fourth-order valence-electron chi connectivity index (χ4n) is 2.56.